The molecular weight excluding hydrogens is 307 g/mol. The first kappa shape index (κ1) is 17.9. The van der Waals surface area contributed by atoms with Gasteiger partial charge in [-0.05, 0) is 41.8 Å². The lowest BCUT2D eigenvalue weighted by Gasteiger charge is -2.19. The van der Waals surface area contributed by atoms with Crippen LogP contribution >= 0.6 is 0 Å². The fourth-order valence-electron chi connectivity index (χ4n) is 2.51. The van der Waals surface area contributed by atoms with E-state index in [9.17, 15) is 14.3 Å². The minimum atomic E-state index is -1.02. The van der Waals surface area contributed by atoms with Crippen LogP contribution < -0.4 is 10.2 Å². The van der Waals surface area contributed by atoms with Gasteiger partial charge in [0.25, 0.3) is 0 Å². The van der Waals surface area contributed by atoms with Gasteiger partial charge in [-0.3, -0.25) is 4.79 Å². The number of carbonyl (C=O) groups excluding carboxylic acids is 1. The molecule has 0 aromatic heterocycles. The van der Waals surface area contributed by atoms with Crippen LogP contribution in [0.5, 0.6) is 0 Å². The maximum Gasteiger partial charge on any atom is 0.223 e. The Morgan fingerprint density at radius 2 is 2.00 bits per heavy atom. The maximum atomic E-state index is 13.2. The van der Waals surface area contributed by atoms with Gasteiger partial charge in [0, 0.05) is 26.3 Å². The van der Waals surface area contributed by atoms with Gasteiger partial charge in [0.1, 0.15) is 5.82 Å². The maximum absolute atomic E-state index is 13.2. The Balaban J connectivity index is 1.96. The first-order valence-electron chi connectivity index (χ1n) is 7.84. The summed E-state index contributed by atoms with van der Waals surface area (Å²) < 4.78 is 13.2. The Morgan fingerprint density at radius 3 is 2.67 bits per heavy atom. The molecule has 1 unspecified atom stereocenters. The molecule has 2 aromatic rings. The Labute approximate surface area is 141 Å². The van der Waals surface area contributed by atoms with Crippen LogP contribution in [0.1, 0.15) is 29.2 Å². The van der Waals surface area contributed by atoms with Crippen LogP contribution in [-0.4, -0.2) is 25.1 Å². The molecule has 2 N–H and O–H groups in total. The van der Waals surface area contributed by atoms with Crippen molar-refractivity contribution in [1.82, 2.24) is 5.32 Å². The van der Waals surface area contributed by atoms with Crippen LogP contribution in [0.25, 0.3) is 0 Å². The van der Waals surface area contributed by atoms with Crippen molar-refractivity contribution in [3.8, 4) is 0 Å². The fraction of sp³-hybridized carbons (Fsp3) is 0.316. The van der Waals surface area contributed by atoms with E-state index in [1.165, 1.54) is 18.2 Å². The molecule has 0 saturated heterocycles. The lowest BCUT2D eigenvalue weighted by atomic mass is 10.1. The Bertz CT molecular complexity index is 716. The van der Waals surface area contributed by atoms with Crippen molar-refractivity contribution in [2.45, 2.75) is 26.0 Å². The second-order valence-electron chi connectivity index (χ2n) is 6.08. The van der Waals surface area contributed by atoms with E-state index in [1.54, 1.807) is 6.07 Å². The summed E-state index contributed by atoms with van der Waals surface area (Å²) in [6, 6.07) is 11.7. The summed E-state index contributed by atoms with van der Waals surface area (Å²) in [5.41, 5.74) is 3.59. The van der Waals surface area contributed by atoms with E-state index in [1.807, 2.05) is 38.1 Å². The number of aliphatic hydroxyl groups is 1. The summed E-state index contributed by atoms with van der Waals surface area (Å²) in [6.07, 6.45) is -1.13. The van der Waals surface area contributed by atoms with Crippen molar-refractivity contribution in [3.63, 3.8) is 0 Å². The van der Waals surface area contributed by atoms with E-state index in [2.05, 4.69) is 11.4 Å². The number of carbonyl (C=O) groups is 1. The second kappa shape index (κ2) is 7.93. The molecule has 2 rings (SSSR count). The number of benzene rings is 2. The summed E-state index contributed by atoms with van der Waals surface area (Å²) >= 11 is 0. The van der Waals surface area contributed by atoms with Gasteiger partial charge in [-0.1, -0.05) is 24.3 Å². The van der Waals surface area contributed by atoms with Crippen LogP contribution in [0.15, 0.2) is 42.5 Å². The molecule has 0 aliphatic heterocycles. The summed E-state index contributed by atoms with van der Waals surface area (Å²) in [4.78, 5) is 14.1. The Kier molecular flexibility index (Phi) is 5.93. The molecule has 5 heteroatoms. The van der Waals surface area contributed by atoms with Gasteiger partial charge in [0.05, 0.1) is 12.5 Å². The summed E-state index contributed by atoms with van der Waals surface area (Å²) in [5.74, 6) is -0.709. The topological polar surface area (TPSA) is 52.6 Å². The lowest BCUT2D eigenvalue weighted by Crippen LogP contribution is -2.25. The van der Waals surface area contributed by atoms with Crippen LogP contribution in [0.3, 0.4) is 0 Å². The molecule has 1 amide bonds. The molecular formula is C19H23FN2O2. The van der Waals surface area contributed by atoms with Crippen molar-refractivity contribution >= 4 is 11.6 Å². The number of anilines is 1. The highest BCUT2D eigenvalue weighted by molar-refractivity contribution is 5.77. The highest BCUT2D eigenvalue weighted by atomic mass is 19.1. The predicted molar refractivity (Wildman–Crippen MR) is 93.3 cm³/mol. The average Bonchev–Trinajstić information content (AvgIpc) is 2.53. The molecule has 128 valence electrons. The van der Waals surface area contributed by atoms with E-state index in [0.29, 0.717) is 12.1 Å². The number of halogens is 1. The number of hydrogen-bond donors (Lipinski definition) is 2. The monoisotopic (exact) mass is 330 g/mol. The van der Waals surface area contributed by atoms with Gasteiger partial charge in [-0.15, -0.1) is 0 Å². The molecule has 0 bridgehead atoms. The van der Waals surface area contributed by atoms with Crippen molar-refractivity contribution in [1.29, 1.82) is 0 Å². The quantitative estimate of drug-likeness (QED) is 0.856. The number of aryl methyl sites for hydroxylation is 1. The van der Waals surface area contributed by atoms with E-state index in [-0.39, 0.29) is 12.3 Å². The molecule has 0 aliphatic carbocycles. The summed E-state index contributed by atoms with van der Waals surface area (Å²) in [7, 11) is 3.90. The number of hydrogen-bond acceptors (Lipinski definition) is 3. The largest absolute Gasteiger partial charge is 0.388 e. The van der Waals surface area contributed by atoms with Gasteiger partial charge in [0.2, 0.25) is 5.91 Å². The molecule has 0 aliphatic rings. The molecule has 2 aromatic carbocycles. The highest BCUT2D eigenvalue weighted by Gasteiger charge is 2.14. The molecule has 4 nitrogen and oxygen atoms in total. The number of aliphatic hydroxyl groups excluding tert-OH is 1. The lowest BCUT2D eigenvalue weighted by molar-refractivity contribution is -0.123. The number of nitrogens with zero attached hydrogens (tertiary/aromatic N) is 1. The van der Waals surface area contributed by atoms with Gasteiger partial charge < -0.3 is 15.3 Å². The van der Waals surface area contributed by atoms with E-state index in [0.717, 1.165) is 16.8 Å². The first-order chi connectivity index (χ1) is 11.4. The second-order valence-corrected chi connectivity index (χ2v) is 6.08. The summed E-state index contributed by atoms with van der Waals surface area (Å²) in [6.45, 7) is 2.40. The molecule has 0 saturated carbocycles. The zero-order chi connectivity index (χ0) is 17.7. The van der Waals surface area contributed by atoms with Gasteiger partial charge in [0.15, 0.2) is 0 Å². The Morgan fingerprint density at radius 1 is 1.25 bits per heavy atom. The average molecular weight is 330 g/mol. The zero-order valence-electron chi connectivity index (χ0n) is 14.2. The normalized spacial score (nSPS) is 11.9. The SMILES string of the molecule is Cc1ccc(CNC(=O)CC(O)c2cccc(F)c2)c(N(C)C)c1. The molecule has 0 fully saturated rings. The van der Waals surface area contributed by atoms with E-state index in [4.69, 9.17) is 0 Å². The third-order valence-corrected chi connectivity index (χ3v) is 3.81. The van der Waals surface area contributed by atoms with Gasteiger partial charge >= 0.3 is 0 Å². The fourth-order valence-corrected chi connectivity index (χ4v) is 2.51. The van der Waals surface area contributed by atoms with Crippen LogP contribution in [0, 0.1) is 12.7 Å². The number of nitrogens with one attached hydrogen (secondary N) is 1. The van der Waals surface area contributed by atoms with Crippen LogP contribution in [-0.2, 0) is 11.3 Å². The summed E-state index contributed by atoms with van der Waals surface area (Å²) in [5, 5.41) is 12.9. The molecule has 1 atom stereocenters. The van der Waals surface area contributed by atoms with Crippen LogP contribution in [0.2, 0.25) is 0 Å². The van der Waals surface area contributed by atoms with Crippen molar-refractivity contribution in [3.05, 3.63) is 65.0 Å². The first-order valence-corrected chi connectivity index (χ1v) is 7.84. The predicted octanol–water partition coefficient (Wildman–Crippen LogP) is 2.94. The van der Waals surface area contributed by atoms with Gasteiger partial charge in [-0.2, -0.15) is 0 Å². The van der Waals surface area contributed by atoms with Crippen molar-refractivity contribution in [2.24, 2.45) is 0 Å². The van der Waals surface area contributed by atoms with E-state index >= 15 is 0 Å². The molecule has 24 heavy (non-hydrogen) atoms. The zero-order valence-corrected chi connectivity index (χ0v) is 14.2. The van der Waals surface area contributed by atoms with E-state index < -0.39 is 11.9 Å². The minimum absolute atomic E-state index is 0.105. The molecule has 0 radical (unpaired) electrons. The van der Waals surface area contributed by atoms with Gasteiger partial charge in [-0.25, -0.2) is 4.39 Å². The number of rotatable bonds is 6. The Hall–Kier alpha value is -2.40. The highest BCUT2D eigenvalue weighted by Crippen LogP contribution is 2.21. The minimum Gasteiger partial charge on any atom is -0.388 e. The molecule has 0 spiro atoms. The third-order valence-electron chi connectivity index (χ3n) is 3.81. The van der Waals surface area contributed by atoms with Crippen LogP contribution in [0.4, 0.5) is 10.1 Å². The number of amides is 1. The van der Waals surface area contributed by atoms with Crippen molar-refractivity contribution < 1.29 is 14.3 Å². The smallest absolute Gasteiger partial charge is 0.223 e. The molecule has 0 heterocycles. The standard InChI is InChI=1S/C19H23FN2O2/c1-13-7-8-15(17(9-13)22(2)3)12-21-19(24)11-18(23)14-5-4-6-16(20)10-14/h4-10,18,23H,11-12H2,1-3H3,(H,21,24). The van der Waals surface area contributed by atoms with Crippen molar-refractivity contribution in [2.75, 3.05) is 19.0 Å². The third kappa shape index (κ3) is 4.80.